The molecule has 1 aliphatic rings. The van der Waals surface area contributed by atoms with Crippen molar-refractivity contribution in [2.24, 2.45) is 10.9 Å². The number of likely N-dealkylation sites (tertiary alicyclic amines) is 1. The summed E-state index contributed by atoms with van der Waals surface area (Å²) in [5.41, 5.74) is 0. The molecule has 1 rings (SSSR count). The fourth-order valence-corrected chi connectivity index (χ4v) is 2.07. The Balaban J connectivity index is 0.00000289. The maximum Gasteiger partial charge on any atom is 0.191 e. The van der Waals surface area contributed by atoms with Gasteiger partial charge in [0.25, 0.3) is 0 Å². The molecule has 4 nitrogen and oxygen atoms in total. The lowest BCUT2D eigenvalue weighted by Crippen LogP contribution is -2.44. The first-order chi connectivity index (χ1) is 8.13. The van der Waals surface area contributed by atoms with Crippen molar-refractivity contribution in [3.63, 3.8) is 0 Å². The highest BCUT2D eigenvalue weighted by atomic mass is 127. The van der Waals surface area contributed by atoms with E-state index in [2.05, 4.69) is 48.3 Å². The first-order valence-corrected chi connectivity index (χ1v) is 6.86. The van der Waals surface area contributed by atoms with Crippen molar-refractivity contribution in [3.8, 4) is 0 Å². The molecule has 0 aromatic heterocycles. The molecule has 1 saturated heterocycles. The Labute approximate surface area is 129 Å². The molecule has 0 aromatic carbocycles. The number of hydrogen-bond donors (Lipinski definition) is 2. The monoisotopic (exact) mass is 368 g/mol. The van der Waals surface area contributed by atoms with E-state index >= 15 is 0 Å². The Morgan fingerprint density at radius 3 is 2.61 bits per heavy atom. The Morgan fingerprint density at radius 1 is 1.39 bits per heavy atom. The highest BCUT2D eigenvalue weighted by molar-refractivity contribution is 14.0. The highest BCUT2D eigenvalue weighted by Crippen LogP contribution is 2.13. The first-order valence-electron chi connectivity index (χ1n) is 6.86. The highest BCUT2D eigenvalue weighted by Gasteiger charge is 2.20. The van der Waals surface area contributed by atoms with Crippen LogP contribution in [0.4, 0.5) is 0 Å². The number of hydrogen-bond acceptors (Lipinski definition) is 2. The fourth-order valence-electron chi connectivity index (χ4n) is 2.07. The van der Waals surface area contributed by atoms with E-state index in [1.807, 2.05) is 0 Å². The topological polar surface area (TPSA) is 39.7 Å². The Kier molecular flexibility index (Phi) is 9.81. The van der Waals surface area contributed by atoms with Crippen molar-refractivity contribution in [1.82, 2.24) is 15.5 Å². The molecule has 108 valence electrons. The fraction of sp³-hybridized carbons (Fsp3) is 0.923. The van der Waals surface area contributed by atoms with Crippen LogP contribution in [0.3, 0.4) is 0 Å². The van der Waals surface area contributed by atoms with Gasteiger partial charge in [-0.25, -0.2) is 0 Å². The molecule has 0 aliphatic carbocycles. The van der Waals surface area contributed by atoms with Crippen LogP contribution in [0.5, 0.6) is 0 Å². The second-order valence-corrected chi connectivity index (χ2v) is 5.27. The summed E-state index contributed by atoms with van der Waals surface area (Å²) >= 11 is 0. The summed E-state index contributed by atoms with van der Waals surface area (Å²) in [6, 6.07) is 0.665. The van der Waals surface area contributed by atoms with Crippen LogP contribution in [0, 0.1) is 5.92 Å². The SMILES string of the molecule is CCNC(=NCC(C)C)NCC1CCCN1C.I. The molecule has 0 saturated carbocycles. The van der Waals surface area contributed by atoms with Crippen molar-refractivity contribution >= 4 is 29.9 Å². The minimum atomic E-state index is 0. The van der Waals surface area contributed by atoms with Crippen LogP contribution < -0.4 is 10.6 Å². The summed E-state index contributed by atoms with van der Waals surface area (Å²) in [5.74, 6) is 1.57. The molecule has 0 bridgehead atoms. The lowest BCUT2D eigenvalue weighted by Gasteiger charge is -2.21. The largest absolute Gasteiger partial charge is 0.357 e. The first kappa shape index (κ1) is 18.0. The predicted molar refractivity (Wildman–Crippen MR) is 89.9 cm³/mol. The van der Waals surface area contributed by atoms with Crippen LogP contribution >= 0.6 is 24.0 Å². The third kappa shape index (κ3) is 6.78. The standard InChI is InChI=1S/C13H28N4.HI/c1-5-14-13(15-9-11(2)3)16-10-12-7-6-8-17(12)4;/h11-12H,5-10H2,1-4H3,(H2,14,15,16);1H. The van der Waals surface area contributed by atoms with Crippen molar-refractivity contribution in [3.05, 3.63) is 0 Å². The molecule has 1 atom stereocenters. The van der Waals surface area contributed by atoms with Gasteiger partial charge in [-0.05, 0) is 39.3 Å². The number of guanidine groups is 1. The Morgan fingerprint density at radius 2 is 2.11 bits per heavy atom. The number of nitrogens with one attached hydrogen (secondary N) is 2. The lowest BCUT2D eigenvalue weighted by molar-refractivity contribution is 0.309. The van der Waals surface area contributed by atoms with Gasteiger partial charge in [0.05, 0.1) is 0 Å². The molecule has 0 spiro atoms. The maximum atomic E-state index is 4.57. The summed E-state index contributed by atoms with van der Waals surface area (Å²) in [4.78, 5) is 7.00. The van der Waals surface area contributed by atoms with Gasteiger partial charge in [0.2, 0.25) is 0 Å². The molecular weight excluding hydrogens is 339 g/mol. The molecule has 1 aliphatic heterocycles. The number of likely N-dealkylation sites (N-methyl/N-ethyl adjacent to an activating group) is 1. The molecule has 0 radical (unpaired) electrons. The number of halogens is 1. The summed E-state index contributed by atoms with van der Waals surface area (Å²) in [6.07, 6.45) is 2.62. The average Bonchev–Trinajstić information content (AvgIpc) is 2.68. The van der Waals surface area contributed by atoms with E-state index in [0.29, 0.717) is 12.0 Å². The minimum absolute atomic E-state index is 0. The summed E-state index contributed by atoms with van der Waals surface area (Å²) in [7, 11) is 2.21. The number of nitrogens with zero attached hydrogens (tertiary/aromatic N) is 2. The van der Waals surface area contributed by atoms with Gasteiger partial charge >= 0.3 is 0 Å². The van der Waals surface area contributed by atoms with Crippen LogP contribution in [0.1, 0.15) is 33.6 Å². The van der Waals surface area contributed by atoms with Gasteiger partial charge < -0.3 is 15.5 Å². The third-order valence-electron chi connectivity index (χ3n) is 3.14. The van der Waals surface area contributed by atoms with E-state index < -0.39 is 0 Å². The molecule has 0 aromatic rings. The smallest absolute Gasteiger partial charge is 0.191 e. The van der Waals surface area contributed by atoms with Gasteiger partial charge in [-0.3, -0.25) is 4.99 Å². The van der Waals surface area contributed by atoms with Crippen molar-refractivity contribution in [1.29, 1.82) is 0 Å². The van der Waals surface area contributed by atoms with E-state index in [1.54, 1.807) is 0 Å². The normalized spacial score (nSPS) is 20.9. The van der Waals surface area contributed by atoms with Gasteiger partial charge in [0.15, 0.2) is 5.96 Å². The van der Waals surface area contributed by atoms with E-state index in [-0.39, 0.29) is 24.0 Å². The molecule has 1 heterocycles. The van der Waals surface area contributed by atoms with E-state index in [9.17, 15) is 0 Å². The van der Waals surface area contributed by atoms with Crippen LogP contribution in [-0.4, -0.2) is 50.1 Å². The number of rotatable bonds is 5. The molecule has 1 fully saturated rings. The zero-order valence-electron chi connectivity index (χ0n) is 12.2. The summed E-state index contributed by atoms with van der Waals surface area (Å²) in [5, 5.41) is 6.74. The van der Waals surface area contributed by atoms with Crippen LogP contribution in [-0.2, 0) is 0 Å². The second kappa shape index (κ2) is 9.83. The Bertz CT molecular complexity index is 243. The van der Waals surface area contributed by atoms with Crippen LogP contribution in [0.25, 0.3) is 0 Å². The van der Waals surface area contributed by atoms with Crippen molar-refractivity contribution < 1.29 is 0 Å². The summed E-state index contributed by atoms with van der Waals surface area (Å²) < 4.78 is 0. The van der Waals surface area contributed by atoms with Crippen molar-refractivity contribution in [2.45, 2.75) is 39.7 Å². The Hall–Kier alpha value is -0.0400. The van der Waals surface area contributed by atoms with Gasteiger partial charge in [-0.1, -0.05) is 13.8 Å². The van der Waals surface area contributed by atoms with Gasteiger partial charge in [-0.2, -0.15) is 0 Å². The van der Waals surface area contributed by atoms with Gasteiger partial charge in [-0.15, -0.1) is 24.0 Å². The van der Waals surface area contributed by atoms with Crippen LogP contribution in [0.2, 0.25) is 0 Å². The summed E-state index contributed by atoms with van der Waals surface area (Å²) in [6.45, 7) is 10.5. The van der Waals surface area contributed by atoms with Gasteiger partial charge in [0.1, 0.15) is 0 Å². The lowest BCUT2D eigenvalue weighted by atomic mass is 10.2. The van der Waals surface area contributed by atoms with Gasteiger partial charge in [0, 0.05) is 25.7 Å². The van der Waals surface area contributed by atoms with E-state index in [4.69, 9.17) is 0 Å². The van der Waals surface area contributed by atoms with Crippen molar-refractivity contribution in [2.75, 3.05) is 33.2 Å². The van der Waals surface area contributed by atoms with E-state index in [0.717, 1.165) is 25.6 Å². The quantitative estimate of drug-likeness (QED) is 0.443. The number of aliphatic imine (C=N–C) groups is 1. The van der Waals surface area contributed by atoms with E-state index in [1.165, 1.54) is 19.4 Å². The molecule has 1 unspecified atom stereocenters. The molecule has 5 heteroatoms. The molecule has 18 heavy (non-hydrogen) atoms. The zero-order valence-corrected chi connectivity index (χ0v) is 14.5. The minimum Gasteiger partial charge on any atom is -0.357 e. The molecule has 0 amide bonds. The maximum absolute atomic E-state index is 4.57. The van der Waals surface area contributed by atoms with Crippen LogP contribution in [0.15, 0.2) is 4.99 Å². The third-order valence-corrected chi connectivity index (χ3v) is 3.14. The zero-order chi connectivity index (χ0) is 12.7. The average molecular weight is 368 g/mol. The molecular formula is C13H29IN4. The second-order valence-electron chi connectivity index (χ2n) is 5.27. The molecule has 2 N–H and O–H groups in total. The predicted octanol–water partition coefficient (Wildman–Crippen LogP) is 1.91.